The van der Waals surface area contributed by atoms with Crippen LogP contribution < -0.4 is 4.74 Å². The Hall–Kier alpha value is -0.780. The van der Waals surface area contributed by atoms with E-state index in [9.17, 15) is 4.79 Å². The molecule has 0 spiro atoms. The highest BCUT2D eigenvalue weighted by Gasteiger charge is 2.05. The number of halogens is 1. The van der Waals surface area contributed by atoms with Crippen molar-refractivity contribution >= 4 is 28.6 Å². The van der Waals surface area contributed by atoms with Gasteiger partial charge in [0.15, 0.2) is 0 Å². The summed E-state index contributed by atoms with van der Waals surface area (Å²) in [7, 11) is 1.65. The molecular formula is C12H15IO3. The van der Waals surface area contributed by atoms with Gasteiger partial charge in [-0.3, -0.25) is 4.79 Å². The fourth-order valence-corrected chi connectivity index (χ4v) is 2.14. The maximum atomic E-state index is 11.2. The third-order valence-corrected chi connectivity index (χ3v) is 2.98. The van der Waals surface area contributed by atoms with Crippen molar-refractivity contribution < 1.29 is 14.3 Å². The van der Waals surface area contributed by atoms with Crippen molar-refractivity contribution in [1.29, 1.82) is 0 Å². The van der Waals surface area contributed by atoms with E-state index in [1.165, 1.54) is 0 Å². The van der Waals surface area contributed by atoms with Gasteiger partial charge in [-0.15, -0.1) is 0 Å². The monoisotopic (exact) mass is 334 g/mol. The largest absolute Gasteiger partial charge is 0.496 e. The second-order valence-electron chi connectivity index (χ2n) is 3.27. The van der Waals surface area contributed by atoms with Gasteiger partial charge in [0.25, 0.3) is 0 Å². The molecule has 0 saturated heterocycles. The molecule has 16 heavy (non-hydrogen) atoms. The molecule has 0 aliphatic rings. The van der Waals surface area contributed by atoms with Gasteiger partial charge in [0, 0.05) is 6.42 Å². The van der Waals surface area contributed by atoms with Gasteiger partial charge in [-0.05, 0) is 53.6 Å². The van der Waals surface area contributed by atoms with E-state index in [4.69, 9.17) is 9.47 Å². The van der Waals surface area contributed by atoms with E-state index in [1.54, 1.807) is 7.11 Å². The summed E-state index contributed by atoms with van der Waals surface area (Å²) in [4.78, 5) is 11.2. The zero-order valence-electron chi connectivity index (χ0n) is 9.46. The molecule has 0 fully saturated rings. The zero-order valence-corrected chi connectivity index (χ0v) is 11.6. The van der Waals surface area contributed by atoms with Crippen LogP contribution in [0, 0.1) is 3.57 Å². The molecule has 3 nitrogen and oxygen atoms in total. The maximum absolute atomic E-state index is 11.2. The number of hydrogen-bond donors (Lipinski definition) is 0. The van der Waals surface area contributed by atoms with E-state index >= 15 is 0 Å². The Bertz CT molecular complexity index is 363. The minimum absolute atomic E-state index is 0.145. The molecule has 1 rings (SSSR count). The van der Waals surface area contributed by atoms with Crippen LogP contribution >= 0.6 is 22.6 Å². The number of carbonyl (C=O) groups excluding carboxylic acids is 1. The first kappa shape index (κ1) is 13.3. The lowest BCUT2D eigenvalue weighted by Gasteiger charge is -2.06. The highest BCUT2D eigenvalue weighted by molar-refractivity contribution is 14.1. The topological polar surface area (TPSA) is 35.5 Å². The van der Waals surface area contributed by atoms with Crippen LogP contribution in [-0.4, -0.2) is 19.7 Å². The number of aryl methyl sites for hydroxylation is 1. The maximum Gasteiger partial charge on any atom is 0.306 e. The quantitative estimate of drug-likeness (QED) is 0.614. The highest BCUT2D eigenvalue weighted by Crippen LogP contribution is 2.22. The molecule has 0 aliphatic heterocycles. The number of carbonyl (C=O) groups is 1. The standard InChI is InChI=1S/C12H15IO3/c1-3-16-12(14)7-5-9-4-6-11(15-2)10(13)8-9/h4,6,8H,3,5,7H2,1-2H3. The van der Waals surface area contributed by atoms with Gasteiger partial charge in [0.1, 0.15) is 5.75 Å². The van der Waals surface area contributed by atoms with Crippen LogP contribution in [0.4, 0.5) is 0 Å². The Labute approximate surface area is 109 Å². The predicted octanol–water partition coefficient (Wildman–Crippen LogP) is 2.80. The molecule has 0 radical (unpaired) electrons. The number of hydrogen-bond acceptors (Lipinski definition) is 3. The molecule has 0 aromatic heterocycles. The summed E-state index contributed by atoms with van der Waals surface area (Å²) in [5.41, 5.74) is 1.12. The Morgan fingerprint density at radius 1 is 1.44 bits per heavy atom. The van der Waals surface area contributed by atoms with Crippen LogP contribution in [0.3, 0.4) is 0 Å². The summed E-state index contributed by atoms with van der Waals surface area (Å²) in [6.45, 7) is 2.26. The first-order valence-electron chi connectivity index (χ1n) is 5.15. The van der Waals surface area contributed by atoms with Gasteiger partial charge in [0.05, 0.1) is 17.3 Å². The molecule has 0 heterocycles. The lowest BCUT2D eigenvalue weighted by molar-refractivity contribution is -0.143. The Balaban J connectivity index is 2.55. The second-order valence-corrected chi connectivity index (χ2v) is 4.44. The summed E-state index contributed by atoms with van der Waals surface area (Å²) in [5.74, 6) is 0.716. The zero-order chi connectivity index (χ0) is 12.0. The number of esters is 1. The predicted molar refractivity (Wildman–Crippen MR) is 70.7 cm³/mol. The second kappa shape index (κ2) is 6.73. The SMILES string of the molecule is CCOC(=O)CCc1ccc(OC)c(I)c1. The third-order valence-electron chi connectivity index (χ3n) is 2.14. The fraction of sp³-hybridized carbons (Fsp3) is 0.417. The molecule has 0 saturated carbocycles. The van der Waals surface area contributed by atoms with E-state index in [2.05, 4.69) is 22.6 Å². The lowest BCUT2D eigenvalue weighted by atomic mass is 10.1. The molecule has 1 aromatic rings. The van der Waals surface area contributed by atoms with E-state index in [0.29, 0.717) is 19.4 Å². The fourth-order valence-electron chi connectivity index (χ4n) is 1.34. The van der Waals surface area contributed by atoms with Crippen molar-refractivity contribution in [3.63, 3.8) is 0 Å². The molecule has 0 N–H and O–H groups in total. The van der Waals surface area contributed by atoms with E-state index in [-0.39, 0.29) is 5.97 Å². The number of ether oxygens (including phenoxy) is 2. The van der Waals surface area contributed by atoms with Gasteiger partial charge >= 0.3 is 5.97 Å². The highest BCUT2D eigenvalue weighted by atomic mass is 127. The summed E-state index contributed by atoms with van der Waals surface area (Å²) in [5, 5.41) is 0. The lowest BCUT2D eigenvalue weighted by Crippen LogP contribution is -2.05. The van der Waals surface area contributed by atoms with Crippen LogP contribution in [0.15, 0.2) is 18.2 Å². The molecule has 4 heteroatoms. The van der Waals surface area contributed by atoms with E-state index < -0.39 is 0 Å². The number of rotatable bonds is 5. The number of benzene rings is 1. The van der Waals surface area contributed by atoms with E-state index in [0.717, 1.165) is 14.9 Å². The summed E-state index contributed by atoms with van der Waals surface area (Å²) in [6, 6.07) is 5.92. The minimum Gasteiger partial charge on any atom is -0.496 e. The van der Waals surface area contributed by atoms with Gasteiger partial charge in [0.2, 0.25) is 0 Å². The first-order valence-corrected chi connectivity index (χ1v) is 6.23. The van der Waals surface area contributed by atoms with Crippen molar-refractivity contribution in [2.75, 3.05) is 13.7 Å². The van der Waals surface area contributed by atoms with Gasteiger partial charge in [-0.1, -0.05) is 6.07 Å². The molecule has 0 aliphatic carbocycles. The van der Waals surface area contributed by atoms with Crippen molar-refractivity contribution in [2.45, 2.75) is 19.8 Å². The molecule has 0 unspecified atom stereocenters. The average molecular weight is 334 g/mol. The summed E-state index contributed by atoms with van der Waals surface area (Å²) < 4.78 is 11.1. The summed E-state index contributed by atoms with van der Waals surface area (Å²) >= 11 is 2.22. The smallest absolute Gasteiger partial charge is 0.306 e. The molecular weight excluding hydrogens is 319 g/mol. The van der Waals surface area contributed by atoms with Crippen molar-refractivity contribution in [3.8, 4) is 5.75 Å². The average Bonchev–Trinajstić information content (AvgIpc) is 2.27. The normalized spacial score (nSPS) is 9.94. The van der Waals surface area contributed by atoms with Crippen LogP contribution in [0.5, 0.6) is 5.75 Å². The Kier molecular flexibility index (Phi) is 5.59. The van der Waals surface area contributed by atoms with E-state index in [1.807, 2.05) is 25.1 Å². The van der Waals surface area contributed by atoms with Crippen molar-refractivity contribution in [1.82, 2.24) is 0 Å². The van der Waals surface area contributed by atoms with Crippen molar-refractivity contribution in [2.24, 2.45) is 0 Å². The van der Waals surface area contributed by atoms with Crippen LogP contribution in [-0.2, 0) is 16.0 Å². The molecule has 88 valence electrons. The van der Waals surface area contributed by atoms with Gasteiger partial charge in [-0.2, -0.15) is 0 Å². The Morgan fingerprint density at radius 3 is 2.75 bits per heavy atom. The van der Waals surface area contributed by atoms with Gasteiger partial charge in [-0.25, -0.2) is 0 Å². The summed E-state index contributed by atoms with van der Waals surface area (Å²) in [6.07, 6.45) is 1.13. The molecule has 0 atom stereocenters. The van der Waals surface area contributed by atoms with Crippen LogP contribution in [0.1, 0.15) is 18.9 Å². The number of methoxy groups -OCH3 is 1. The third kappa shape index (κ3) is 4.00. The first-order chi connectivity index (χ1) is 7.67. The minimum atomic E-state index is -0.145. The Morgan fingerprint density at radius 2 is 2.19 bits per heavy atom. The molecule has 0 amide bonds. The van der Waals surface area contributed by atoms with Crippen LogP contribution in [0.25, 0.3) is 0 Å². The van der Waals surface area contributed by atoms with Gasteiger partial charge < -0.3 is 9.47 Å². The van der Waals surface area contributed by atoms with Crippen molar-refractivity contribution in [3.05, 3.63) is 27.3 Å². The molecule has 1 aromatic carbocycles. The molecule has 0 bridgehead atoms. The van der Waals surface area contributed by atoms with Crippen LogP contribution in [0.2, 0.25) is 0 Å².